The molecule has 2 fully saturated rings. The van der Waals surface area contributed by atoms with Gasteiger partial charge in [0, 0.05) is 25.6 Å². The molecule has 4 heteroatoms. The Labute approximate surface area is 116 Å². The fraction of sp³-hybridized carbons (Fsp3) is 0.933. The quantitative estimate of drug-likeness (QED) is 0.825. The highest BCUT2D eigenvalue weighted by Crippen LogP contribution is 2.26. The maximum absolute atomic E-state index is 12.2. The summed E-state index contributed by atoms with van der Waals surface area (Å²) in [5, 5.41) is 13.0. The Hall–Kier alpha value is -0.770. The number of nitrogens with one attached hydrogen (secondary N) is 1. The largest absolute Gasteiger partial charge is 0.393 e. The second-order valence-corrected chi connectivity index (χ2v) is 6.46. The fourth-order valence-electron chi connectivity index (χ4n) is 3.46. The first-order valence-corrected chi connectivity index (χ1v) is 7.77. The highest BCUT2D eigenvalue weighted by molar-refractivity contribution is 5.74. The summed E-state index contributed by atoms with van der Waals surface area (Å²) in [4.78, 5) is 13.9. The molecule has 0 aromatic heterocycles. The summed E-state index contributed by atoms with van der Waals surface area (Å²) in [7, 11) is 1.84. The van der Waals surface area contributed by atoms with Crippen molar-refractivity contribution >= 4 is 6.03 Å². The molecule has 19 heavy (non-hydrogen) atoms. The van der Waals surface area contributed by atoms with Gasteiger partial charge in [0.2, 0.25) is 0 Å². The second-order valence-electron chi connectivity index (χ2n) is 6.46. The van der Waals surface area contributed by atoms with Crippen molar-refractivity contribution in [1.29, 1.82) is 0 Å². The first-order chi connectivity index (χ1) is 9.08. The van der Waals surface area contributed by atoms with E-state index in [4.69, 9.17) is 0 Å². The third-order valence-corrected chi connectivity index (χ3v) is 4.89. The van der Waals surface area contributed by atoms with E-state index in [1.54, 1.807) is 4.90 Å². The summed E-state index contributed by atoms with van der Waals surface area (Å²) in [5.74, 6) is 0.850. The van der Waals surface area contributed by atoms with Crippen molar-refractivity contribution in [1.82, 2.24) is 10.2 Å². The van der Waals surface area contributed by atoms with Gasteiger partial charge in [-0.3, -0.25) is 0 Å². The van der Waals surface area contributed by atoms with Crippen LogP contribution in [0, 0.1) is 11.8 Å². The number of carbonyl (C=O) groups excluding carboxylic acids is 1. The molecule has 110 valence electrons. The van der Waals surface area contributed by atoms with Gasteiger partial charge in [0.1, 0.15) is 0 Å². The van der Waals surface area contributed by atoms with Crippen molar-refractivity contribution in [3.05, 3.63) is 0 Å². The lowest BCUT2D eigenvalue weighted by molar-refractivity contribution is 0.112. The van der Waals surface area contributed by atoms with Gasteiger partial charge < -0.3 is 15.3 Å². The smallest absolute Gasteiger partial charge is 0.317 e. The Morgan fingerprint density at radius 1 is 1.21 bits per heavy atom. The first-order valence-electron chi connectivity index (χ1n) is 7.77. The summed E-state index contributed by atoms with van der Waals surface area (Å²) < 4.78 is 0. The van der Waals surface area contributed by atoms with Gasteiger partial charge in [0.25, 0.3) is 0 Å². The van der Waals surface area contributed by atoms with E-state index in [-0.39, 0.29) is 18.1 Å². The lowest BCUT2D eigenvalue weighted by atomic mass is 9.86. The van der Waals surface area contributed by atoms with E-state index in [9.17, 15) is 9.90 Å². The molecule has 2 aliphatic carbocycles. The Balaban J connectivity index is 1.78. The van der Waals surface area contributed by atoms with Crippen LogP contribution in [0.25, 0.3) is 0 Å². The monoisotopic (exact) mass is 268 g/mol. The number of aliphatic hydroxyl groups excluding tert-OH is 1. The molecule has 0 aromatic rings. The minimum absolute atomic E-state index is 0.0258. The van der Waals surface area contributed by atoms with Gasteiger partial charge in [0.05, 0.1) is 6.10 Å². The zero-order valence-corrected chi connectivity index (χ0v) is 12.3. The van der Waals surface area contributed by atoms with E-state index in [0.29, 0.717) is 18.5 Å². The molecule has 0 saturated heterocycles. The van der Waals surface area contributed by atoms with E-state index < -0.39 is 0 Å². The van der Waals surface area contributed by atoms with E-state index in [1.165, 1.54) is 19.3 Å². The topological polar surface area (TPSA) is 52.6 Å². The molecule has 2 aliphatic rings. The van der Waals surface area contributed by atoms with Crippen molar-refractivity contribution in [2.75, 3.05) is 13.6 Å². The number of nitrogens with zero attached hydrogens (tertiary/aromatic N) is 1. The fourth-order valence-corrected chi connectivity index (χ4v) is 3.46. The van der Waals surface area contributed by atoms with E-state index in [0.717, 1.165) is 25.7 Å². The molecule has 2 amide bonds. The molecule has 4 atom stereocenters. The third kappa shape index (κ3) is 3.85. The predicted octanol–water partition coefficient (Wildman–Crippen LogP) is 2.37. The molecule has 0 radical (unpaired) electrons. The van der Waals surface area contributed by atoms with Crippen molar-refractivity contribution in [2.24, 2.45) is 11.8 Å². The number of amides is 2. The van der Waals surface area contributed by atoms with Crippen LogP contribution in [0.15, 0.2) is 0 Å². The minimum Gasteiger partial charge on any atom is -0.393 e. The van der Waals surface area contributed by atoms with Crippen molar-refractivity contribution in [2.45, 2.75) is 64.0 Å². The number of hydrogen-bond donors (Lipinski definition) is 2. The van der Waals surface area contributed by atoms with Gasteiger partial charge >= 0.3 is 6.03 Å². The average molecular weight is 268 g/mol. The lowest BCUT2D eigenvalue weighted by Crippen LogP contribution is -2.48. The summed E-state index contributed by atoms with van der Waals surface area (Å²) in [6.45, 7) is 2.90. The molecule has 0 bridgehead atoms. The molecule has 2 saturated carbocycles. The molecule has 0 spiro atoms. The number of hydrogen-bond acceptors (Lipinski definition) is 2. The Morgan fingerprint density at radius 3 is 2.58 bits per heavy atom. The summed E-state index contributed by atoms with van der Waals surface area (Å²) in [6, 6.07) is 0.357. The predicted molar refractivity (Wildman–Crippen MR) is 75.9 cm³/mol. The number of aliphatic hydroxyl groups is 1. The van der Waals surface area contributed by atoms with Gasteiger partial charge in [0.15, 0.2) is 0 Å². The standard InChI is InChI=1S/C15H28N2O2/c1-11-6-3-4-8-13(11)16-15(19)17(2)10-12-7-5-9-14(12)18/h11-14,18H,3-10H2,1-2H3,(H,16,19). The zero-order valence-electron chi connectivity index (χ0n) is 12.3. The number of carbonyl (C=O) groups is 1. The van der Waals surface area contributed by atoms with Crippen LogP contribution in [0.4, 0.5) is 4.79 Å². The van der Waals surface area contributed by atoms with Crippen molar-refractivity contribution in [3.63, 3.8) is 0 Å². The molecule has 0 heterocycles. The van der Waals surface area contributed by atoms with Crippen LogP contribution in [0.5, 0.6) is 0 Å². The normalized spacial score (nSPS) is 35.1. The molecular formula is C15H28N2O2. The summed E-state index contributed by atoms with van der Waals surface area (Å²) in [6.07, 6.45) is 7.63. The Morgan fingerprint density at radius 2 is 1.95 bits per heavy atom. The van der Waals surface area contributed by atoms with Crippen molar-refractivity contribution < 1.29 is 9.90 Å². The minimum atomic E-state index is -0.219. The van der Waals surface area contributed by atoms with Crippen LogP contribution in [0.2, 0.25) is 0 Å². The number of rotatable bonds is 3. The molecule has 2 N–H and O–H groups in total. The second kappa shape index (κ2) is 6.60. The van der Waals surface area contributed by atoms with Crippen LogP contribution in [-0.2, 0) is 0 Å². The maximum atomic E-state index is 12.2. The van der Waals surface area contributed by atoms with E-state index >= 15 is 0 Å². The van der Waals surface area contributed by atoms with Crippen LogP contribution in [-0.4, -0.2) is 41.8 Å². The summed E-state index contributed by atoms with van der Waals surface area (Å²) in [5.41, 5.74) is 0. The van der Waals surface area contributed by atoms with Crippen LogP contribution in [0.3, 0.4) is 0 Å². The van der Waals surface area contributed by atoms with Gasteiger partial charge in [-0.1, -0.05) is 26.2 Å². The van der Waals surface area contributed by atoms with E-state index in [1.807, 2.05) is 7.05 Å². The molecule has 4 unspecified atom stereocenters. The summed E-state index contributed by atoms with van der Waals surface area (Å²) >= 11 is 0. The molecule has 0 aliphatic heterocycles. The first kappa shape index (κ1) is 14.6. The SMILES string of the molecule is CC1CCCCC1NC(=O)N(C)CC1CCCC1O. The van der Waals surface area contributed by atoms with Crippen LogP contribution >= 0.6 is 0 Å². The van der Waals surface area contributed by atoms with E-state index in [2.05, 4.69) is 12.2 Å². The highest BCUT2D eigenvalue weighted by atomic mass is 16.3. The molecule has 0 aromatic carbocycles. The van der Waals surface area contributed by atoms with Crippen LogP contribution < -0.4 is 5.32 Å². The highest BCUT2D eigenvalue weighted by Gasteiger charge is 2.29. The zero-order chi connectivity index (χ0) is 13.8. The molecular weight excluding hydrogens is 240 g/mol. The average Bonchev–Trinajstić information content (AvgIpc) is 2.78. The maximum Gasteiger partial charge on any atom is 0.317 e. The molecule has 4 nitrogen and oxygen atoms in total. The number of urea groups is 1. The van der Waals surface area contributed by atoms with Gasteiger partial charge in [-0.2, -0.15) is 0 Å². The lowest BCUT2D eigenvalue weighted by Gasteiger charge is -2.32. The third-order valence-electron chi connectivity index (χ3n) is 4.89. The Kier molecular flexibility index (Phi) is 5.08. The van der Waals surface area contributed by atoms with Gasteiger partial charge in [-0.05, 0) is 31.6 Å². The van der Waals surface area contributed by atoms with Gasteiger partial charge in [-0.15, -0.1) is 0 Å². The Bertz CT molecular complexity index is 309. The van der Waals surface area contributed by atoms with Gasteiger partial charge in [-0.25, -0.2) is 4.79 Å². The molecule has 2 rings (SSSR count). The van der Waals surface area contributed by atoms with Crippen molar-refractivity contribution in [3.8, 4) is 0 Å². The van der Waals surface area contributed by atoms with Crippen LogP contribution in [0.1, 0.15) is 51.9 Å².